The molecule has 0 radical (unpaired) electrons. The lowest BCUT2D eigenvalue weighted by Gasteiger charge is -2.43. The van der Waals surface area contributed by atoms with Crippen LogP contribution in [0.5, 0.6) is 5.75 Å². The van der Waals surface area contributed by atoms with E-state index in [-0.39, 0.29) is 16.9 Å². The Morgan fingerprint density at radius 2 is 1.39 bits per heavy atom. The molecule has 3 rings (SSSR count). The average molecular weight is 505 g/mol. The highest BCUT2D eigenvalue weighted by Crippen LogP contribution is 2.36. The van der Waals surface area contributed by atoms with E-state index in [0.29, 0.717) is 25.9 Å². The van der Waals surface area contributed by atoms with Crippen LogP contribution in [-0.4, -0.2) is 41.0 Å². The van der Waals surface area contributed by atoms with E-state index in [9.17, 15) is 4.79 Å². The fraction of sp³-hybridized carbons (Fsp3) is 0.387. The van der Waals surface area contributed by atoms with Crippen molar-refractivity contribution in [1.29, 1.82) is 0 Å². The molecule has 3 aromatic carbocycles. The van der Waals surface area contributed by atoms with Gasteiger partial charge in [0.2, 0.25) is 0 Å². The highest BCUT2D eigenvalue weighted by atomic mass is 28.4. The number of benzene rings is 3. The van der Waals surface area contributed by atoms with Crippen molar-refractivity contribution in [3.8, 4) is 5.75 Å². The SMILES string of the molecule is COc1ccc(CCC(=O)CC(CCO[Si](c2ccccc2)(c2ccccc2)C(C)(C)C)OC)cc1. The zero-order chi connectivity index (χ0) is 26.0. The summed E-state index contributed by atoms with van der Waals surface area (Å²) in [6.07, 6.45) is 2.14. The standard InChI is InChI=1S/C31H40O4Si/c1-31(2,3)36(29-12-8-6-9-13-29,30-14-10-7-11-15-30)35-23-22-28(34-5)24-26(32)19-16-25-17-20-27(33-4)21-18-25/h6-15,17-18,20-21,28H,16,19,22-24H2,1-5H3. The quantitative estimate of drug-likeness (QED) is 0.286. The van der Waals surface area contributed by atoms with Gasteiger partial charge < -0.3 is 13.9 Å². The maximum atomic E-state index is 12.7. The molecule has 0 heterocycles. The Morgan fingerprint density at radius 3 is 1.86 bits per heavy atom. The van der Waals surface area contributed by atoms with Gasteiger partial charge in [0.15, 0.2) is 0 Å². The van der Waals surface area contributed by atoms with Crippen molar-refractivity contribution < 1.29 is 18.7 Å². The van der Waals surface area contributed by atoms with Gasteiger partial charge in [-0.2, -0.15) is 0 Å². The third-order valence-electron chi connectivity index (χ3n) is 6.82. The Morgan fingerprint density at radius 1 is 0.833 bits per heavy atom. The first kappa shape index (κ1) is 27.8. The molecule has 36 heavy (non-hydrogen) atoms. The molecular formula is C31H40O4Si. The van der Waals surface area contributed by atoms with Crippen molar-refractivity contribution in [2.45, 2.75) is 57.6 Å². The average Bonchev–Trinajstić information content (AvgIpc) is 2.90. The number of hydrogen-bond donors (Lipinski definition) is 0. The smallest absolute Gasteiger partial charge is 0.261 e. The monoisotopic (exact) mass is 504 g/mol. The molecule has 0 aliphatic carbocycles. The van der Waals surface area contributed by atoms with Gasteiger partial charge in [0.25, 0.3) is 8.32 Å². The van der Waals surface area contributed by atoms with E-state index in [0.717, 1.165) is 17.7 Å². The van der Waals surface area contributed by atoms with Gasteiger partial charge in [-0.3, -0.25) is 4.79 Å². The molecule has 1 atom stereocenters. The molecular weight excluding hydrogens is 464 g/mol. The van der Waals surface area contributed by atoms with Crippen LogP contribution in [-0.2, 0) is 20.4 Å². The number of ether oxygens (including phenoxy) is 2. The van der Waals surface area contributed by atoms with Crippen LogP contribution in [0.15, 0.2) is 84.9 Å². The fourth-order valence-electron chi connectivity index (χ4n) is 4.84. The number of ketones is 1. The molecule has 0 saturated heterocycles. The van der Waals surface area contributed by atoms with Gasteiger partial charge in [-0.05, 0) is 45.9 Å². The van der Waals surface area contributed by atoms with Gasteiger partial charge in [-0.15, -0.1) is 0 Å². The molecule has 0 spiro atoms. The summed E-state index contributed by atoms with van der Waals surface area (Å²) >= 11 is 0. The van der Waals surface area contributed by atoms with Gasteiger partial charge >= 0.3 is 0 Å². The van der Waals surface area contributed by atoms with Crippen molar-refractivity contribution in [2.24, 2.45) is 0 Å². The second kappa shape index (κ2) is 13.0. The highest BCUT2D eigenvalue weighted by Gasteiger charge is 2.50. The second-order valence-corrected chi connectivity index (χ2v) is 14.6. The molecule has 4 nitrogen and oxygen atoms in total. The summed E-state index contributed by atoms with van der Waals surface area (Å²) in [7, 11) is 0.752. The number of hydrogen-bond acceptors (Lipinski definition) is 4. The fourth-order valence-corrected chi connectivity index (χ4v) is 9.42. The van der Waals surface area contributed by atoms with E-state index in [1.165, 1.54) is 10.4 Å². The number of Topliss-reactive ketones (excluding diaryl/α,β-unsaturated/α-hetero) is 1. The minimum absolute atomic E-state index is 0.0769. The second-order valence-electron chi connectivity index (χ2n) is 10.2. The summed E-state index contributed by atoms with van der Waals surface area (Å²) in [6.45, 7) is 7.36. The molecule has 3 aromatic rings. The van der Waals surface area contributed by atoms with Crippen LogP contribution in [0, 0.1) is 0 Å². The predicted molar refractivity (Wildman–Crippen MR) is 150 cm³/mol. The van der Waals surface area contributed by atoms with Crippen molar-refractivity contribution in [3.05, 3.63) is 90.5 Å². The van der Waals surface area contributed by atoms with E-state index in [4.69, 9.17) is 13.9 Å². The Labute approximate surface area is 217 Å². The number of methoxy groups -OCH3 is 2. The van der Waals surface area contributed by atoms with Crippen LogP contribution in [0.2, 0.25) is 5.04 Å². The van der Waals surface area contributed by atoms with Crippen LogP contribution >= 0.6 is 0 Å². The zero-order valence-corrected chi connectivity index (χ0v) is 23.3. The van der Waals surface area contributed by atoms with Gasteiger partial charge in [-0.25, -0.2) is 0 Å². The summed E-state index contributed by atoms with van der Waals surface area (Å²) < 4.78 is 17.9. The van der Waals surface area contributed by atoms with Gasteiger partial charge in [0.1, 0.15) is 11.5 Å². The van der Waals surface area contributed by atoms with E-state index < -0.39 is 8.32 Å². The summed E-state index contributed by atoms with van der Waals surface area (Å²) in [5.41, 5.74) is 1.13. The Hall–Kier alpha value is -2.73. The number of carbonyl (C=O) groups excluding carboxylic acids is 1. The molecule has 0 aliphatic rings. The summed E-state index contributed by atoms with van der Waals surface area (Å²) in [5.74, 6) is 1.04. The van der Waals surface area contributed by atoms with Gasteiger partial charge in [0.05, 0.1) is 13.2 Å². The van der Waals surface area contributed by atoms with Gasteiger partial charge in [0, 0.05) is 26.6 Å². The maximum absolute atomic E-state index is 12.7. The molecule has 0 aliphatic heterocycles. The molecule has 0 N–H and O–H groups in total. The summed E-state index contributed by atoms with van der Waals surface area (Å²) in [4.78, 5) is 12.7. The summed E-state index contributed by atoms with van der Waals surface area (Å²) in [5, 5.41) is 2.44. The Balaban J connectivity index is 1.67. The largest absolute Gasteiger partial charge is 0.497 e. The Bertz CT molecular complexity index is 1020. The lowest BCUT2D eigenvalue weighted by molar-refractivity contribution is -0.121. The molecule has 0 fully saturated rings. The first-order valence-corrected chi connectivity index (χ1v) is 14.6. The third kappa shape index (κ3) is 6.93. The topological polar surface area (TPSA) is 44.8 Å². The highest BCUT2D eigenvalue weighted by molar-refractivity contribution is 6.99. The molecule has 0 amide bonds. The first-order chi connectivity index (χ1) is 17.3. The van der Waals surface area contributed by atoms with Crippen LogP contribution in [0.3, 0.4) is 0 Å². The van der Waals surface area contributed by atoms with E-state index >= 15 is 0 Å². The van der Waals surface area contributed by atoms with Crippen molar-refractivity contribution in [2.75, 3.05) is 20.8 Å². The molecule has 192 valence electrons. The van der Waals surface area contributed by atoms with E-state index in [1.54, 1.807) is 14.2 Å². The summed E-state index contributed by atoms with van der Waals surface area (Å²) in [6, 6.07) is 29.1. The van der Waals surface area contributed by atoms with Crippen LogP contribution in [0.4, 0.5) is 0 Å². The molecule has 0 aromatic heterocycles. The first-order valence-electron chi connectivity index (χ1n) is 12.7. The van der Waals surface area contributed by atoms with E-state index in [2.05, 4.69) is 81.4 Å². The maximum Gasteiger partial charge on any atom is 0.261 e. The normalized spacial score (nSPS) is 12.8. The lowest BCUT2D eigenvalue weighted by Crippen LogP contribution is -2.66. The molecule has 0 saturated carbocycles. The van der Waals surface area contributed by atoms with Gasteiger partial charge in [-0.1, -0.05) is 93.6 Å². The van der Waals surface area contributed by atoms with Crippen molar-refractivity contribution in [1.82, 2.24) is 0 Å². The molecule has 5 heteroatoms. The lowest BCUT2D eigenvalue weighted by atomic mass is 10.0. The minimum Gasteiger partial charge on any atom is -0.497 e. The van der Waals surface area contributed by atoms with Crippen molar-refractivity contribution >= 4 is 24.5 Å². The Kier molecular flexibility index (Phi) is 10.1. The van der Waals surface area contributed by atoms with Crippen LogP contribution < -0.4 is 15.1 Å². The zero-order valence-electron chi connectivity index (χ0n) is 22.3. The number of rotatable bonds is 13. The van der Waals surface area contributed by atoms with Crippen LogP contribution in [0.1, 0.15) is 45.6 Å². The predicted octanol–water partition coefficient (Wildman–Crippen LogP) is 5.57. The van der Waals surface area contributed by atoms with Crippen molar-refractivity contribution in [3.63, 3.8) is 0 Å². The molecule has 0 bridgehead atoms. The van der Waals surface area contributed by atoms with E-state index in [1.807, 2.05) is 24.3 Å². The van der Waals surface area contributed by atoms with Crippen LogP contribution in [0.25, 0.3) is 0 Å². The minimum atomic E-state index is -2.59. The molecule has 1 unspecified atom stereocenters. The third-order valence-corrected chi connectivity index (χ3v) is 11.9. The number of aryl methyl sites for hydroxylation is 1. The number of carbonyl (C=O) groups is 1.